The van der Waals surface area contributed by atoms with Gasteiger partial charge >= 0.3 is 0 Å². The second-order valence-electron chi connectivity index (χ2n) is 7.65. The van der Waals surface area contributed by atoms with Gasteiger partial charge < -0.3 is 4.90 Å². The number of para-hydroxylation sites is 1. The lowest BCUT2D eigenvalue weighted by Crippen LogP contribution is -2.30. The zero-order valence-electron chi connectivity index (χ0n) is 17.5. The van der Waals surface area contributed by atoms with Crippen LogP contribution in [0.15, 0.2) is 71.6 Å². The number of hydrogen-bond acceptors (Lipinski definition) is 5. The Labute approximate surface area is 194 Å². The number of amides is 2. The first-order chi connectivity index (χ1) is 15.6. The van der Waals surface area contributed by atoms with Gasteiger partial charge in [0.2, 0.25) is 5.91 Å². The third kappa shape index (κ3) is 4.13. The summed E-state index contributed by atoms with van der Waals surface area (Å²) in [7, 11) is 0. The third-order valence-corrected chi connectivity index (χ3v) is 7.43. The predicted molar refractivity (Wildman–Crippen MR) is 132 cm³/mol. The molecular formula is C25H21N3O2S2. The van der Waals surface area contributed by atoms with Crippen LogP contribution in [0.5, 0.6) is 0 Å². The minimum Gasteiger partial charge on any atom is -0.311 e. The number of aryl methyl sites for hydroxylation is 1. The minimum absolute atomic E-state index is 0.0525. The van der Waals surface area contributed by atoms with Gasteiger partial charge in [0.25, 0.3) is 5.91 Å². The van der Waals surface area contributed by atoms with Gasteiger partial charge in [-0.15, -0.1) is 11.8 Å². The van der Waals surface area contributed by atoms with E-state index in [1.54, 1.807) is 6.07 Å². The van der Waals surface area contributed by atoms with Gasteiger partial charge in [-0.25, -0.2) is 4.98 Å². The molecular weight excluding hydrogens is 438 g/mol. The van der Waals surface area contributed by atoms with Crippen molar-refractivity contribution in [2.75, 3.05) is 22.5 Å². The van der Waals surface area contributed by atoms with E-state index >= 15 is 0 Å². The van der Waals surface area contributed by atoms with Crippen LogP contribution in [0.1, 0.15) is 21.5 Å². The Balaban J connectivity index is 1.29. The summed E-state index contributed by atoms with van der Waals surface area (Å²) in [6.45, 7) is 2.74. The number of rotatable bonds is 5. The second-order valence-corrected chi connectivity index (χ2v) is 9.70. The standard InChI is InChI=1S/C25H21N3O2S2/c1-16-10-11-19-22(14-16)32-25(26-19)27-24(30)18-7-3-5-9-21(18)31-15-23(29)28-13-12-17-6-2-4-8-20(17)28/h2-11,14H,12-13,15H2,1H3,(H,26,27,30). The highest BCUT2D eigenvalue weighted by Crippen LogP contribution is 2.31. The van der Waals surface area contributed by atoms with Crippen molar-refractivity contribution >= 4 is 55.9 Å². The quantitative estimate of drug-likeness (QED) is 0.398. The molecule has 160 valence electrons. The number of thioether (sulfide) groups is 1. The molecule has 1 aromatic heterocycles. The molecule has 0 saturated heterocycles. The van der Waals surface area contributed by atoms with E-state index in [0.29, 0.717) is 17.2 Å². The summed E-state index contributed by atoms with van der Waals surface area (Å²) >= 11 is 2.85. The molecule has 2 amide bonds. The fourth-order valence-corrected chi connectivity index (χ4v) is 5.73. The van der Waals surface area contributed by atoms with Crippen LogP contribution in [0.4, 0.5) is 10.8 Å². The van der Waals surface area contributed by atoms with Crippen molar-refractivity contribution in [1.29, 1.82) is 0 Å². The lowest BCUT2D eigenvalue weighted by Gasteiger charge is -2.17. The summed E-state index contributed by atoms with van der Waals surface area (Å²) in [5, 5.41) is 3.49. The van der Waals surface area contributed by atoms with Crippen molar-refractivity contribution in [3.8, 4) is 0 Å². The maximum Gasteiger partial charge on any atom is 0.258 e. The summed E-state index contributed by atoms with van der Waals surface area (Å²) in [6, 6.07) is 21.4. The molecule has 32 heavy (non-hydrogen) atoms. The molecule has 5 nitrogen and oxygen atoms in total. The van der Waals surface area contributed by atoms with Gasteiger partial charge in [0.15, 0.2) is 5.13 Å². The minimum atomic E-state index is -0.220. The Morgan fingerprint density at radius 2 is 1.91 bits per heavy atom. The highest BCUT2D eigenvalue weighted by Gasteiger charge is 2.24. The zero-order chi connectivity index (χ0) is 22.1. The molecule has 2 heterocycles. The Morgan fingerprint density at radius 3 is 2.81 bits per heavy atom. The van der Waals surface area contributed by atoms with Crippen LogP contribution in [0.2, 0.25) is 0 Å². The average Bonchev–Trinajstić information content (AvgIpc) is 3.41. The van der Waals surface area contributed by atoms with E-state index in [-0.39, 0.29) is 17.6 Å². The van der Waals surface area contributed by atoms with Gasteiger partial charge in [-0.1, -0.05) is 47.7 Å². The number of thiazole rings is 1. The number of carbonyl (C=O) groups is 2. The molecule has 3 aromatic carbocycles. The number of anilines is 2. The van der Waals surface area contributed by atoms with Crippen molar-refractivity contribution in [1.82, 2.24) is 4.98 Å². The van der Waals surface area contributed by atoms with Crippen molar-refractivity contribution < 1.29 is 9.59 Å². The maximum atomic E-state index is 13.0. The maximum absolute atomic E-state index is 13.0. The number of fused-ring (bicyclic) bond motifs is 2. The van der Waals surface area contributed by atoms with E-state index in [9.17, 15) is 9.59 Å². The van der Waals surface area contributed by atoms with Crippen molar-refractivity contribution in [3.63, 3.8) is 0 Å². The Kier molecular flexibility index (Phi) is 5.68. The lowest BCUT2D eigenvalue weighted by atomic mass is 10.2. The summed E-state index contributed by atoms with van der Waals surface area (Å²) < 4.78 is 1.04. The lowest BCUT2D eigenvalue weighted by molar-refractivity contribution is -0.116. The molecule has 0 spiro atoms. The molecule has 4 aromatic rings. The van der Waals surface area contributed by atoms with E-state index in [1.807, 2.05) is 60.4 Å². The Morgan fingerprint density at radius 1 is 1.09 bits per heavy atom. The fraction of sp³-hybridized carbons (Fsp3) is 0.160. The van der Waals surface area contributed by atoms with Crippen LogP contribution in [0.3, 0.4) is 0 Å². The first kappa shape index (κ1) is 20.7. The first-order valence-electron chi connectivity index (χ1n) is 10.4. The summed E-state index contributed by atoms with van der Waals surface area (Å²) in [4.78, 5) is 33.0. The van der Waals surface area contributed by atoms with E-state index < -0.39 is 0 Å². The monoisotopic (exact) mass is 459 g/mol. The molecule has 7 heteroatoms. The summed E-state index contributed by atoms with van der Waals surface area (Å²) in [5.41, 5.74) is 4.77. The molecule has 0 unspecified atom stereocenters. The number of aromatic nitrogens is 1. The van der Waals surface area contributed by atoms with E-state index in [0.717, 1.165) is 32.8 Å². The van der Waals surface area contributed by atoms with E-state index in [4.69, 9.17) is 0 Å². The molecule has 1 aliphatic heterocycles. The van der Waals surface area contributed by atoms with Gasteiger partial charge in [-0.3, -0.25) is 14.9 Å². The highest BCUT2D eigenvalue weighted by molar-refractivity contribution is 8.00. The Hall–Kier alpha value is -3.16. The van der Waals surface area contributed by atoms with Crippen LogP contribution in [-0.2, 0) is 11.2 Å². The molecule has 5 rings (SSSR count). The fourth-order valence-electron chi connectivity index (χ4n) is 3.84. The second kappa shape index (κ2) is 8.76. The van der Waals surface area contributed by atoms with Crippen LogP contribution < -0.4 is 10.2 Å². The average molecular weight is 460 g/mol. The molecule has 0 aliphatic carbocycles. The largest absolute Gasteiger partial charge is 0.311 e. The molecule has 0 atom stereocenters. The van der Waals surface area contributed by atoms with Gasteiger partial charge in [-0.2, -0.15) is 0 Å². The molecule has 1 N–H and O–H groups in total. The van der Waals surface area contributed by atoms with E-state index in [1.165, 1.54) is 28.7 Å². The SMILES string of the molecule is Cc1ccc2nc(NC(=O)c3ccccc3SCC(=O)N3CCc4ccccc43)sc2c1. The summed E-state index contributed by atoms with van der Waals surface area (Å²) in [5.74, 6) is 0.110. The van der Waals surface area contributed by atoms with Crippen LogP contribution in [-0.4, -0.2) is 29.1 Å². The van der Waals surface area contributed by atoms with Gasteiger partial charge in [0.05, 0.1) is 21.5 Å². The molecule has 1 aliphatic rings. The smallest absolute Gasteiger partial charge is 0.258 e. The van der Waals surface area contributed by atoms with Crippen molar-refractivity contribution in [3.05, 3.63) is 83.4 Å². The number of benzene rings is 3. The highest BCUT2D eigenvalue weighted by atomic mass is 32.2. The first-order valence-corrected chi connectivity index (χ1v) is 12.2. The van der Waals surface area contributed by atoms with Crippen LogP contribution in [0.25, 0.3) is 10.2 Å². The van der Waals surface area contributed by atoms with Gasteiger partial charge in [0, 0.05) is 17.1 Å². The normalized spacial score (nSPS) is 12.7. The Bertz CT molecular complexity index is 1330. The van der Waals surface area contributed by atoms with Crippen LogP contribution in [0, 0.1) is 6.92 Å². The van der Waals surface area contributed by atoms with Gasteiger partial charge in [-0.05, 0) is 54.8 Å². The topological polar surface area (TPSA) is 62.3 Å². The predicted octanol–water partition coefficient (Wildman–Crippen LogP) is 5.54. The van der Waals surface area contributed by atoms with Crippen LogP contribution >= 0.6 is 23.1 Å². The third-order valence-electron chi connectivity index (χ3n) is 5.44. The number of nitrogens with zero attached hydrogens (tertiary/aromatic N) is 2. The number of carbonyl (C=O) groups excluding carboxylic acids is 2. The summed E-state index contributed by atoms with van der Waals surface area (Å²) in [6.07, 6.45) is 0.882. The molecule has 0 bridgehead atoms. The number of hydrogen-bond donors (Lipinski definition) is 1. The van der Waals surface area contributed by atoms with E-state index in [2.05, 4.69) is 22.4 Å². The zero-order valence-corrected chi connectivity index (χ0v) is 19.1. The number of nitrogens with one attached hydrogen (secondary N) is 1. The molecule has 0 radical (unpaired) electrons. The molecule has 0 saturated carbocycles. The van der Waals surface area contributed by atoms with Crippen molar-refractivity contribution in [2.24, 2.45) is 0 Å². The molecule has 0 fully saturated rings. The van der Waals surface area contributed by atoms with Crippen molar-refractivity contribution in [2.45, 2.75) is 18.2 Å². The van der Waals surface area contributed by atoms with Gasteiger partial charge in [0.1, 0.15) is 0 Å².